The van der Waals surface area contributed by atoms with Gasteiger partial charge < -0.3 is 5.32 Å². The monoisotopic (exact) mass is 310 g/mol. The molecule has 4 nitrogen and oxygen atoms in total. The second-order valence-corrected chi connectivity index (χ2v) is 4.76. The molecule has 0 unspecified atom stereocenters. The molecule has 0 aliphatic carbocycles. The number of nitro benzene ring substituents is 1. The zero-order valence-corrected chi connectivity index (χ0v) is 11.6. The van der Waals surface area contributed by atoms with Crippen LogP contribution in [0.5, 0.6) is 0 Å². The average molecular weight is 310 g/mol. The number of benzene rings is 2. The summed E-state index contributed by atoms with van der Waals surface area (Å²) in [6, 6.07) is 11.3. The fourth-order valence-electron chi connectivity index (χ4n) is 2.04. The lowest BCUT2D eigenvalue weighted by Crippen LogP contribution is -2.10. The molecular weight excluding hydrogens is 297 g/mol. The van der Waals surface area contributed by atoms with E-state index < -0.39 is 22.4 Å². The summed E-state index contributed by atoms with van der Waals surface area (Å²) < 4.78 is 37.9. The maximum absolute atomic E-state index is 12.6. The van der Waals surface area contributed by atoms with Gasteiger partial charge in [0.1, 0.15) is 5.69 Å². The standard InChI is InChI=1S/C15H13F3N2O2/c1-10(11-5-3-2-4-6-11)19-13-8-7-12(15(16,17)18)9-14(13)20(21)22/h2-10,19H,1H3/t10-/m1/s1. The predicted octanol–water partition coefficient (Wildman–Crippen LogP) is 4.79. The molecule has 0 fully saturated rings. The van der Waals surface area contributed by atoms with Gasteiger partial charge in [-0.05, 0) is 24.6 Å². The molecule has 0 heterocycles. The highest BCUT2D eigenvalue weighted by atomic mass is 19.4. The molecule has 0 radical (unpaired) electrons. The first-order valence-electron chi connectivity index (χ1n) is 6.46. The van der Waals surface area contributed by atoms with Gasteiger partial charge in [0.05, 0.1) is 10.5 Å². The Hall–Kier alpha value is -2.57. The lowest BCUT2D eigenvalue weighted by atomic mass is 10.1. The van der Waals surface area contributed by atoms with Crippen molar-refractivity contribution in [2.45, 2.75) is 19.1 Å². The van der Waals surface area contributed by atoms with Gasteiger partial charge in [0.15, 0.2) is 0 Å². The zero-order chi connectivity index (χ0) is 16.3. The molecular formula is C15H13F3N2O2. The molecule has 1 N–H and O–H groups in total. The van der Waals surface area contributed by atoms with Gasteiger partial charge in [-0.2, -0.15) is 13.2 Å². The van der Waals surface area contributed by atoms with E-state index in [0.29, 0.717) is 6.07 Å². The van der Waals surface area contributed by atoms with E-state index in [1.54, 1.807) is 6.92 Å². The van der Waals surface area contributed by atoms with E-state index >= 15 is 0 Å². The average Bonchev–Trinajstić information content (AvgIpc) is 2.47. The van der Waals surface area contributed by atoms with Gasteiger partial charge in [-0.3, -0.25) is 10.1 Å². The second kappa shape index (κ2) is 6.05. The minimum atomic E-state index is -4.62. The van der Waals surface area contributed by atoms with Crippen LogP contribution in [0.4, 0.5) is 24.5 Å². The first-order chi connectivity index (χ1) is 10.3. The van der Waals surface area contributed by atoms with Crippen molar-refractivity contribution in [1.29, 1.82) is 0 Å². The van der Waals surface area contributed by atoms with Crippen molar-refractivity contribution in [2.24, 2.45) is 0 Å². The van der Waals surface area contributed by atoms with Gasteiger partial charge in [-0.1, -0.05) is 30.3 Å². The third-order valence-electron chi connectivity index (χ3n) is 3.19. The topological polar surface area (TPSA) is 55.2 Å². The molecule has 7 heteroatoms. The number of hydrogen-bond donors (Lipinski definition) is 1. The molecule has 2 rings (SSSR count). The van der Waals surface area contributed by atoms with Gasteiger partial charge in [-0.15, -0.1) is 0 Å². The molecule has 0 spiro atoms. The van der Waals surface area contributed by atoms with Crippen LogP contribution in [-0.4, -0.2) is 4.92 Å². The first-order valence-corrected chi connectivity index (χ1v) is 6.46. The predicted molar refractivity (Wildman–Crippen MR) is 76.6 cm³/mol. The van der Waals surface area contributed by atoms with Crippen molar-refractivity contribution in [2.75, 3.05) is 5.32 Å². The molecule has 2 aromatic carbocycles. The van der Waals surface area contributed by atoms with Crippen molar-refractivity contribution in [1.82, 2.24) is 0 Å². The summed E-state index contributed by atoms with van der Waals surface area (Å²) in [5, 5.41) is 13.9. The fraction of sp³-hybridized carbons (Fsp3) is 0.200. The van der Waals surface area contributed by atoms with E-state index in [1.165, 1.54) is 0 Å². The molecule has 0 saturated heterocycles. The highest BCUT2D eigenvalue weighted by molar-refractivity contribution is 5.63. The second-order valence-electron chi connectivity index (χ2n) is 4.76. The molecule has 0 aromatic heterocycles. The van der Waals surface area contributed by atoms with Gasteiger partial charge in [0.25, 0.3) is 5.69 Å². The quantitative estimate of drug-likeness (QED) is 0.652. The summed E-state index contributed by atoms with van der Waals surface area (Å²) in [4.78, 5) is 10.2. The van der Waals surface area contributed by atoms with Gasteiger partial charge in [-0.25, -0.2) is 0 Å². The molecule has 116 valence electrons. The number of nitrogens with one attached hydrogen (secondary N) is 1. The zero-order valence-electron chi connectivity index (χ0n) is 11.6. The summed E-state index contributed by atoms with van der Waals surface area (Å²) in [5.41, 5.74) is -0.722. The highest BCUT2D eigenvalue weighted by Gasteiger charge is 2.33. The smallest absolute Gasteiger partial charge is 0.373 e. The normalized spacial score (nSPS) is 12.7. The van der Waals surface area contributed by atoms with Crippen LogP contribution >= 0.6 is 0 Å². The van der Waals surface area contributed by atoms with E-state index in [0.717, 1.165) is 17.7 Å². The van der Waals surface area contributed by atoms with Crippen LogP contribution in [0.3, 0.4) is 0 Å². The van der Waals surface area contributed by atoms with Gasteiger partial charge >= 0.3 is 6.18 Å². The third kappa shape index (κ3) is 3.55. The number of rotatable bonds is 4. The van der Waals surface area contributed by atoms with Crippen LogP contribution in [0.2, 0.25) is 0 Å². The molecule has 22 heavy (non-hydrogen) atoms. The summed E-state index contributed by atoms with van der Waals surface area (Å²) in [6.07, 6.45) is -4.62. The minimum absolute atomic E-state index is 0.0503. The minimum Gasteiger partial charge on any atom is -0.373 e. The van der Waals surface area contributed by atoms with Crippen LogP contribution in [-0.2, 0) is 6.18 Å². The van der Waals surface area contributed by atoms with Gasteiger partial charge in [0, 0.05) is 12.1 Å². The van der Waals surface area contributed by atoms with E-state index in [-0.39, 0.29) is 11.7 Å². The van der Waals surface area contributed by atoms with Crippen molar-refractivity contribution in [3.63, 3.8) is 0 Å². The van der Waals surface area contributed by atoms with Crippen LogP contribution in [0.1, 0.15) is 24.1 Å². The largest absolute Gasteiger partial charge is 0.416 e. The molecule has 0 saturated carbocycles. The van der Waals surface area contributed by atoms with E-state index in [4.69, 9.17) is 0 Å². The first kappa shape index (κ1) is 15.8. The number of halogens is 3. The van der Waals surface area contributed by atoms with E-state index in [2.05, 4.69) is 5.32 Å². The van der Waals surface area contributed by atoms with Crippen molar-refractivity contribution < 1.29 is 18.1 Å². The summed E-state index contributed by atoms with van der Waals surface area (Å²) in [5.74, 6) is 0. The third-order valence-corrected chi connectivity index (χ3v) is 3.19. The Bertz CT molecular complexity index is 672. The van der Waals surface area contributed by atoms with Crippen LogP contribution in [0, 0.1) is 10.1 Å². The Morgan fingerprint density at radius 2 is 1.77 bits per heavy atom. The molecule has 1 atom stereocenters. The van der Waals surface area contributed by atoms with E-state index in [9.17, 15) is 23.3 Å². The fourth-order valence-corrected chi connectivity index (χ4v) is 2.04. The molecule has 2 aromatic rings. The van der Waals surface area contributed by atoms with Crippen LogP contribution < -0.4 is 5.32 Å². The Morgan fingerprint density at radius 1 is 1.14 bits per heavy atom. The molecule has 0 bridgehead atoms. The molecule has 0 aliphatic heterocycles. The number of nitro groups is 1. The maximum Gasteiger partial charge on any atom is 0.416 e. The SMILES string of the molecule is C[C@@H](Nc1ccc(C(F)(F)F)cc1[N+](=O)[O-])c1ccccc1. The van der Waals surface area contributed by atoms with Crippen LogP contribution in [0.25, 0.3) is 0 Å². The number of alkyl halides is 3. The Kier molecular flexibility index (Phi) is 4.35. The van der Waals surface area contributed by atoms with Crippen molar-refractivity contribution in [3.05, 3.63) is 69.8 Å². The molecule has 0 amide bonds. The number of hydrogen-bond acceptors (Lipinski definition) is 3. The highest BCUT2D eigenvalue weighted by Crippen LogP contribution is 2.36. The number of nitrogens with zero attached hydrogens (tertiary/aromatic N) is 1. The molecule has 0 aliphatic rings. The number of anilines is 1. The van der Waals surface area contributed by atoms with Crippen molar-refractivity contribution >= 4 is 11.4 Å². The van der Waals surface area contributed by atoms with E-state index in [1.807, 2.05) is 30.3 Å². The van der Waals surface area contributed by atoms with Crippen molar-refractivity contribution in [3.8, 4) is 0 Å². The maximum atomic E-state index is 12.6. The summed E-state index contributed by atoms with van der Waals surface area (Å²) in [7, 11) is 0. The Labute approximate surface area is 124 Å². The summed E-state index contributed by atoms with van der Waals surface area (Å²) >= 11 is 0. The Morgan fingerprint density at radius 3 is 2.32 bits per heavy atom. The van der Waals surface area contributed by atoms with Crippen LogP contribution in [0.15, 0.2) is 48.5 Å². The summed E-state index contributed by atoms with van der Waals surface area (Å²) in [6.45, 7) is 1.77. The Balaban J connectivity index is 2.33. The lowest BCUT2D eigenvalue weighted by molar-refractivity contribution is -0.384. The lowest BCUT2D eigenvalue weighted by Gasteiger charge is -2.16. The van der Waals surface area contributed by atoms with Gasteiger partial charge in [0.2, 0.25) is 0 Å².